The van der Waals surface area contributed by atoms with Crippen molar-refractivity contribution in [3.63, 3.8) is 0 Å². The molecule has 0 saturated heterocycles. The molecule has 0 unspecified atom stereocenters. The lowest BCUT2D eigenvalue weighted by Crippen LogP contribution is -1.99. The Morgan fingerprint density at radius 1 is 1.31 bits per heavy atom. The predicted octanol–water partition coefficient (Wildman–Crippen LogP) is 2.78. The van der Waals surface area contributed by atoms with E-state index >= 15 is 0 Å². The Bertz CT molecular complexity index is 246. The van der Waals surface area contributed by atoms with Crippen LogP contribution in [0.25, 0.3) is 0 Å². The van der Waals surface area contributed by atoms with Gasteiger partial charge in [0, 0.05) is 5.56 Å². The van der Waals surface area contributed by atoms with Crippen molar-refractivity contribution in [1.29, 1.82) is 0 Å². The minimum absolute atomic E-state index is 0.500. The van der Waals surface area contributed by atoms with Gasteiger partial charge in [0.1, 0.15) is 5.75 Å². The highest BCUT2D eigenvalue weighted by Crippen LogP contribution is 2.18. The summed E-state index contributed by atoms with van der Waals surface area (Å²) in [6, 6.07) is 7.85. The molecule has 1 radical (unpaired) electrons. The van der Waals surface area contributed by atoms with Crippen molar-refractivity contribution >= 4 is 0 Å². The molecule has 0 N–H and O–H groups in total. The first-order valence-corrected chi connectivity index (χ1v) is 4.46. The first kappa shape index (κ1) is 10.1. The zero-order valence-corrected chi connectivity index (χ0v) is 7.95. The van der Waals surface area contributed by atoms with E-state index in [4.69, 9.17) is 9.47 Å². The van der Waals surface area contributed by atoms with E-state index in [0.29, 0.717) is 6.61 Å². The number of para-hydroxylation sites is 1. The smallest absolute Gasteiger partial charge is 0.124 e. The van der Waals surface area contributed by atoms with E-state index in [-0.39, 0.29) is 0 Å². The van der Waals surface area contributed by atoms with Gasteiger partial charge in [0.05, 0.1) is 20.3 Å². The van der Waals surface area contributed by atoms with Gasteiger partial charge in [-0.05, 0) is 12.5 Å². The minimum Gasteiger partial charge on any atom is -0.493 e. The van der Waals surface area contributed by atoms with Crippen LogP contribution in [0.3, 0.4) is 0 Å². The Morgan fingerprint density at radius 2 is 2.08 bits per heavy atom. The van der Waals surface area contributed by atoms with Crippen molar-refractivity contribution in [3.05, 3.63) is 36.9 Å². The normalized spacial score (nSPS) is 10.0. The van der Waals surface area contributed by atoms with Crippen LogP contribution in [0.5, 0.6) is 5.75 Å². The van der Waals surface area contributed by atoms with Crippen LogP contribution in [-0.2, 0) is 11.3 Å². The third kappa shape index (κ3) is 3.07. The number of hydrogen-bond acceptors (Lipinski definition) is 2. The lowest BCUT2D eigenvalue weighted by molar-refractivity contribution is 0.220. The van der Waals surface area contributed by atoms with Crippen molar-refractivity contribution < 1.29 is 9.47 Å². The highest BCUT2D eigenvalue weighted by atomic mass is 16.5. The third-order valence-corrected chi connectivity index (χ3v) is 1.69. The molecule has 0 spiro atoms. The first-order chi connectivity index (χ1) is 6.38. The maximum absolute atomic E-state index is 5.53. The van der Waals surface area contributed by atoms with Crippen LogP contribution in [-0.4, -0.2) is 6.61 Å². The molecule has 0 aliphatic rings. The van der Waals surface area contributed by atoms with E-state index in [1.165, 1.54) is 0 Å². The van der Waals surface area contributed by atoms with Crippen LogP contribution in [0.1, 0.15) is 18.9 Å². The van der Waals surface area contributed by atoms with Gasteiger partial charge in [-0.1, -0.05) is 25.1 Å². The average Bonchev–Trinajstić information content (AvgIpc) is 2.17. The zero-order chi connectivity index (χ0) is 9.52. The maximum atomic E-state index is 5.53. The highest BCUT2D eigenvalue weighted by Gasteiger charge is 2.00. The van der Waals surface area contributed by atoms with Gasteiger partial charge < -0.3 is 9.47 Å². The Hall–Kier alpha value is -1.02. The molecule has 2 heteroatoms. The standard InChI is InChI=1S/C11H15O2/c1-3-8-13-11-7-5-4-6-10(11)9-12-2/h4-7H,2-3,8-9H2,1H3. The molecule has 0 aromatic heterocycles. The van der Waals surface area contributed by atoms with Crippen LogP contribution in [0, 0.1) is 7.11 Å². The summed E-state index contributed by atoms with van der Waals surface area (Å²) in [4.78, 5) is 0. The fraction of sp³-hybridized carbons (Fsp3) is 0.364. The van der Waals surface area contributed by atoms with Gasteiger partial charge in [0.15, 0.2) is 0 Å². The number of rotatable bonds is 5. The molecular weight excluding hydrogens is 164 g/mol. The lowest BCUT2D eigenvalue weighted by Gasteiger charge is -2.09. The molecule has 1 aromatic carbocycles. The molecule has 0 aliphatic heterocycles. The van der Waals surface area contributed by atoms with Crippen molar-refractivity contribution in [2.75, 3.05) is 6.61 Å². The van der Waals surface area contributed by atoms with Gasteiger partial charge in [-0.15, -0.1) is 0 Å². The second-order valence-corrected chi connectivity index (χ2v) is 2.80. The molecule has 0 amide bonds. The van der Waals surface area contributed by atoms with Crippen LogP contribution in [0.15, 0.2) is 24.3 Å². The van der Waals surface area contributed by atoms with E-state index in [1.807, 2.05) is 24.3 Å². The lowest BCUT2D eigenvalue weighted by atomic mass is 10.2. The summed E-state index contributed by atoms with van der Waals surface area (Å²) in [6.45, 7) is 3.33. The molecule has 13 heavy (non-hydrogen) atoms. The van der Waals surface area contributed by atoms with Crippen LogP contribution < -0.4 is 4.74 Å². The molecule has 2 nitrogen and oxygen atoms in total. The third-order valence-electron chi connectivity index (χ3n) is 1.69. The number of hydrogen-bond donors (Lipinski definition) is 0. The molecular formula is C11H15O2. The van der Waals surface area contributed by atoms with E-state index in [2.05, 4.69) is 14.0 Å². The number of ether oxygens (including phenoxy) is 2. The van der Waals surface area contributed by atoms with Gasteiger partial charge in [-0.3, -0.25) is 0 Å². The summed E-state index contributed by atoms with van der Waals surface area (Å²) in [5.41, 5.74) is 1.05. The Morgan fingerprint density at radius 3 is 2.77 bits per heavy atom. The monoisotopic (exact) mass is 179 g/mol. The summed E-state index contributed by atoms with van der Waals surface area (Å²) < 4.78 is 10.3. The largest absolute Gasteiger partial charge is 0.493 e. The van der Waals surface area contributed by atoms with Crippen LogP contribution in [0.2, 0.25) is 0 Å². The molecule has 0 heterocycles. The molecule has 0 aliphatic carbocycles. The second kappa shape index (κ2) is 5.60. The van der Waals surface area contributed by atoms with Gasteiger partial charge in [0.2, 0.25) is 0 Å². The summed E-state index contributed by atoms with van der Waals surface area (Å²) in [6.07, 6.45) is 1.01. The summed E-state index contributed by atoms with van der Waals surface area (Å²) in [5, 5.41) is 0. The first-order valence-electron chi connectivity index (χ1n) is 4.46. The summed E-state index contributed by atoms with van der Waals surface area (Å²) in [7, 11) is 3.35. The molecule has 0 fully saturated rings. The second-order valence-electron chi connectivity index (χ2n) is 2.80. The van der Waals surface area contributed by atoms with E-state index in [0.717, 1.165) is 24.3 Å². The average molecular weight is 179 g/mol. The Kier molecular flexibility index (Phi) is 4.33. The predicted molar refractivity (Wildman–Crippen MR) is 52.4 cm³/mol. The van der Waals surface area contributed by atoms with Gasteiger partial charge in [-0.25, -0.2) is 0 Å². The fourth-order valence-electron chi connectivity index (χ4n) is 1.09. The maximum Gasteiger partial charge on any atom is 0.124 e. The van der Waals surface area contributed by atoms with Crippen LogP contribution in [0.4, 0.5) is 0 Å². The molecule has 1 aromatic rings. The highest BCUT2D eigenvalue weighted by molar-refractivity contribution is 5.32. The van der Waals surface area contributed by atoms with E-state index < -0.39 is 0 Å². The summed E-state index contributed by atoms with van der Waals surface area (Å²) >= 11 is 0. The van der Waals surface area contributed by atoms with Gasteiger partial charge >= 0.3 is 0 Å². The van der Waals surface area contributed by atoms with Crippen molar-refractivity contribution in [3.8, 4) is 5.75 Å². The van der Waals surface area contributed by atoms with Gasteiger partial charge in [0.25, 0.3) is 0 Å². The molecule has 0 bridgehead atoms. The van der Waals surface area contributed by atoms with E-state index in [1.54, 1.807) is 0 Å². The quantitative estimate of drug-likeness (QED) is 0.692. The van der Waals surface area contributed by atoms with Crippen LogP contribution >= 0.6 is 0 Å². The molecule has 1 rings (SSSR count). The van der Waals surface area contributed by atoms with E-state index in [9.17, 15) is 0 Å². The van der Waals surface area contributed by atoms with Crippen molar-refractivity contribution in [2.45, 2.75) is 20.0 Å². The SMILES string of the molecule is [CH2]OCc1ccccc1OCCC. The minimum atomic E-state index is 0.500. The molecule has 0 atom stereocenters. The summed E-state index contributed by atoms with van der Waals surface area (Å²) in [5.74, 6) is 0.896. The molecule has 0 saturated carbocycles. The Balaban J connectivity index is 2.66. The zero-order valence-electron chi connectivity index (χ0n) is 7.95. The number of benzene rings is 1. The Labute approximate surface area is 79.5 Å². The topological polar surface area (TPSA) is 18.5 Å². The van der Waals surface area contributed by atoms with Crippen molar-refractivity contribution in [2.24, 2.45) is 0 Å². The molecule has 71 valence electrons. The fourth-order valence-corrected chi connectivity index (χ4v) is 1.09. The van der Waals surface area contributed by atoms with Crippen molar-refractivity contribution in [1.82, 2.24) is 0 Å². The van der Waals surface area contributed by atoms with Gasteiger partial charge in [-0.2, -0.15) is 0 Å².